The van der Waals surface area contributed by atoms with Crippen LogP contribution in [-0.2, 0) is 0 Å². The van der Waals surface area contributed by atoms with Crippen molar-refractivity contribution >= 4 is 0 Å². The lowest BCUT2D eigenvalue weighted by Gasteiger charge is -2.37. The highest BCUT2D eigenvalue weighted by atomic mass is 19.1. The predicted octanol–water partition coefficient (Wildman–Crippen LogP) is 2.29. The molecule has 0 amide bonds. The Bertz CT molecular complexity index is 363. The lowest BCUT2D eigenvalue weighted by molar-refractivity contribution is 0.213. The molecule has 0 saturated heterocycles. The molecule has 0 aliphatic heterocycles. The number of nitrogens with one attached hydrogen (secondary N) is 1. The van der Waals surface area contributed by atoms with Crippen LogP contribution in [0.5, 0.6) is 0 Å². The highest BCUT2D eigenvalue weighted by Gasteiger charge is 2.30. The van der Waals surface area contributed by atoms with E-state index in [9.17, 15) is 4.39 Å². The number of benzene rings is 1. The van der Waals surface area contributed by atoms with Gasteiger partial charge < -0.3 is 10.4 Å². The zero-order chi connectivity index (χ0) is 12.3. The first-order valence-corrected chi connectivity index (χ1v) is 6.28. The summed E-state index contributed by atoms with van der Waals surface area (Å²) in [6.07, 6.45) is 2.14. The Labute approximate surface area is 102 Å². The third-order valence-electron chi connectivity index (χ3n) is 3.52. The molecule has 2 N–H and O–H groups in total. The molecule has 0 bridgehead atoms. The van der Waals surface area contributed by atoms with E-state index in [2.05, 4.69) is 5.32 Å². The van der Waals surface area contributed by atoms with E-state index in [4.69, 9.17) is 5.11 Å². The van der Waals surface area contributed by atoms with Crippen molar-refractivity contribution in [1.29, 1.82) is 0 Å². The molecule has 1 aromatic carbocycles. The second kappa shape index (κ2) is 5.61. The zero-order valence-electron chi connectivity index (χ0n) is 10.2. The molecular formula is C14H20FNO. The SMILES string of the molecule is CC(CO)CNC1CC(c2cccc(F)c2)C1. The van der Waals surface area contributed by atoms with E-state index in [1.165, 1.54) is 6.07 Å². The normalized spacial score (nSPS) is 25.4. The molecule has 17 heavy (non-hydrogen) atoms. The van der Waals surface area contributed by atoms with Crippen LogP contribution in [0.15, 0.2) is 24.3 Å². The van der Waals surface area contributed by atoms with Gasteiger partial charge in [0.2, 0.25) is 0 Å². The van der Waals surface area contributed by atoms with Gasteiger partial charge in [-0.05, 0) is 42.4 Å². The maximum Gasteiger partial charge on any atom is 0.123 e. The van der Waals surface area contributed by atoms with Crippen molar-refractivity contribution in [2.75, 3.05) is 13.2 Å². The number of hydrogen-bond acceptors (Lipinski definition) is 2. The van der Waals surface area contributed by atoms with Gasteiger partial charge in [-0.2, -0.15) is 0 Å². The summed E-state index contributed by atoms with van der Waals surface area (Å²) in [6, 6.07) is 7.43. The second-order valence-corrected chi connectivity index (χ2v) is 5.12. The van der Waals surface area contributed by atoms with Crippen molar-refractivity contribution in [2.45, 2.75) is 31.7 Å². The van der Waals surface area contributed by atoms with Crippen molar-refractivity contribution in [2.24, 2.45) is 5.92 Å². The van der Waals surface area contributed by atoms with Gasteiger partial charge in [-0.15, -0.1) is 0 Å². The zero-order valence-corrected chi connectivity index (χ0v) is 10.2. The Morgan fingerprint density at radius 3 is 2.88 bits per heavy atom. The van der Waals surface area contributed by atoms with Gasteiger partial charge in [0.05, 0.1) is 0 Å². The molecule has 1 saturated carbocycles. The van der Waals surface area contributed by atoms with Crippen LogP contribution in [0.1, 0.15) is 31.2 Å². The third-order valence-corrected chi connectivity index (χ3v) is 3.52. The highest BCUT2D eigenvalue weighted by molar-refractivity contribution is 5.23. The average Bonchev–Trinajstić information content (AvgIpc) is 2.26. The molecule has 0 heterocycles. The van der Waals surface area contributed by atoms with Crippen molar-refractivity contribution in [3.63, 3.8) is 0 Å². The van der Waals surface area contributed by atoms with Crippen LogP contribution in [0.4, 0.5) is 4.39 Å². The van der Waals surface area contributed by atoms with Gasteiger partial charge in [0.25, 0.3) is 0 Å². The van der Waals surface area contributed by atoms with E-state index in [-0.39, 0.29) is 12.4 Å². The van der Waals surface area contributed by atoms with E-state index in [1.807, 2.05) is 13.0 Å². The van der Waals surface area contributed by atoms with Crippen LogP contribution in [0, 0.1) is 11.7 Å². The molecule has 0 radical (unpaired) electrons. The van der Waals surface area contributed by atoms with Gasteiger partial charge in [-0.1, -0.05) is 19.1 Å². The van der Waals surface area contributed by atoms with E-state index in [1.54, 1.807) is 12.1 Å². The van der Waals surface area contributed by atoms with Gasteiger partial charge in [0.15, 0.2) is 0 Å². The highest BCUT2D eigenvalue weighted by Crippen LogP contribution is 2.36. The fourth-order valence-corrected chi connectivity index (χ4v) is 2.25. The molecule has 1 aromatic rings. The van der Waals surface area contributed by atoms with Gasteiger partial charge in [-0.3, -0.25) is 0 Å². The molecular weight excluding hydrogens is 217 g/mol. The molecule has 1 fully saturated rings. The minimum atomic E-state index is -0.146. The van der Waals surface area contributed by atoms with Crippen molar-refractivity contribution in [3.05, 3.63) is 35.6 Å². The van der Waals surface area contributed by atoms with Crippen LogP contribution in [0.25, 0.3) is 0 Å². The summed E-state index contributed by atoms with van der Waals surface area (Å²) in [7, 11) is 0. The van der Waals surface area contributed by atoms with Crippen molar-refractivity contribution in [3.8, 4) is 0 Å². The minimum Gasteiger partial charge on any atom is -0.396 e. The number of halogens is 1. The van der Waals surface area contributed by atoms with Gasteiger partial charge in [-0.25, -0.2) is 4.39 Å². The number of rotatable bonds is 5. The average molecular weight is 237 g/mol. The van der Waals surface area contributed by atoms with E-state index in [0.29, 0.717) is 17.9 Å². The summed E-state index contributed by atoms with van der Waals surface area (Å²) < 4.78 is 13.0. The molecule has 1 atom stereocenters. The first-order valence-electron chi connectivity index (χ1n) is 6.28. The maximum atomic E-state index is 13.0. The molecule has 1 aliphatic carbocycles. The molecule has 3 heteroatoms. The summed E-state index contributed by atoms with van der Waals surface area (Å²) in [5.74, 6) is 0.656. The largest absolute Gasteiger partial charge is 0.396 e. The van der Waals surface area contributed by atoms with E-state index in [0.717, 1.165) is 24.9 Å². The molecule has 1 aliphatic rings. The fourth-order valence-electron chi connectivity index (χ4n) is 2.25. The Morgan fingerprint density at radius 1 is 1.47 bits per heavy atom. The fraction of sp³-hybridized carbons (Fsp3) is 0.571. The summed E-state index contributed by atoms with van der Waals surface area (Å²) in [6.45, 7) is 3.11. The summed E-state index contributed by atoms with van der Waals surface area (Å²) in [5, 5.41) is 12.3. The quantitative estimate of drug-likeness (QED) is 0.823. The summed E-state index contributed by atoms with van der Waals surface area (Å²) in [5.41, 5.74) is 1.11. The minimum absolute atomic E-state index is 0.146. The number of aliphatic hydroxyl groups is 1. The Hall–Kier alpha value is -0.930. The Morgan fingerprint density at radius 2 is 2.24 bits per heavy atom. The molecule has 2 rings (SSSR count). The molecule has 0 spiro atoms. The van der Waals surface area contributed by atoms with Crippen molar-refractivity contribution in [1.82, 2.24) is 5.32 Å². The lowest BCUT2D eigenvalue weighted by atomic mass is 9.76. The number of aliphatic hydroxyl groups excluding tert-OH is 1. The predicted molar refractivity (Wildman–Crippen MR) is 66.4 cm³/mol. The second-order valence-electron chi connectivity index (χ2n) is 5.12. The summed E-state index contributed by atoms with van der Waals surface area (Å²) in [4.78, 5) is 0. The summed E-state index contributed by atoms with van der Waals surface area (Å²) >= 11 is 0. The standard InChI is InChI=1S/C14H20FNO/c1-10(9-17)8-16-14-6-12(7-14)11-3-2-4-13(15)5-11/h2-5,10,12,14,16-17H,6-9H2,1H3. The third kappa shape index (κ3) is 3.27. The molecule has 1 unspecified atom stereocenters. The topological polar surface area (TPSA) is 32.3 Å². The first-order chi connectivity index (χ1) is 8.19. The molecule has 0 aromatic heterocycles. The van der Waals surface area contributed by atoms with E-state index < -0.39 is 0 Å². The van der Waals surface area contributed by atoms with Crippen LogP contribution in [-0.4, -0.2) is 24.3 Å². The van der Waals surface area contributed by atoms with Crippen molar-refractivity contribution < 1.29 is 9.50 Å². The van der Waals surface area contributed by atoms with Gasteiger partial charge in [0, 0.05) is 19.2 Å². The van der Waals surface area contributed by atoms with E-state index >= 15 is 0 Å². The maximum absolute atomic E-state index is 13.0. The monoisotopic (exact) mass is 237 g/mol. The van der Waals surface area contributed by atoms with Gasteiger partial charge in [0.1, 0.15) is 5.82 Å². The van der Waals surface area contributed by atoms with Crippen LogP contribution < -0.4 is 5.32 Å². The first kappa shape index (κ1) is 12.5. The Kier molecular flexibility index (Phi) is 4.13. The molecule has 2 nitrogen and oxygen atoms in total. The number of hydrogen-bond donors (Lipinski definition) is 2. The smallest absolute Gasteiger partial charge is 0.123 e. The van der Waals surface area contributed by atoms with Gasteiger partial charge >= 0.3 is 0 Å². The Balaban J connectivity index is 1.75. The van der Waals surface area contributed by atoms with Crippen LogP contribution in [0.2, 0.25) is 0 Å². The lowest BCUT2D eigenvalue weighted by Crippen LogP contribution is -2.42. The van der Waals surface area contributed by atoms with Crippen LogP contribution in [0.3, 0.4) is 0 Å². The van der Waals surface area contributed by atoms with Crippen LogP contribution >= 0.6 is 0 Å². The molecule has 94 valence electrons.